The van der Waals surface area contributed by atoms with Crippen molar-refractivity contribution in [3.8, 4) is 0 Å². The van der Waals surface area contributed by atoms with Crippen molar-refractivity contribution in [2.24, 2.45) is 5.73 Å². The summed E-state index contributed by atoms with van der Waals surface area (Å²) in [6, 6.07) is 2.34. The number of aliphatic hydroxyl groups excluding tert-OH is 2. The third-order valence-corrected chi connectivity index (χ3v) is 2.06. The number of primary amides is 1. The van der Waals surface area contributed by atoms with Gasteiger partial charge in [-0.25, -0.2) is 0 Å². The Labute approximate surface area is 95.9 Å². The van der Waals surface area contributed by atoms with E-state index in [1.54, 1.807) is 0 Å². The Morgan fingerprint density at radius 1 is 1.53 bits per heavy atom. The summed E-state index contributed by atoms with van der Waals surface area (Å²) in [6.07, 6.45) is -2.26. The molecular formula is C9H11N3O5. The van der Waals surface area contributed by atoms with Gasteiger partial charge < -0.3 is 15.9 Å². The van der Waals surface area contributed by atoms with Crippen LogP contribution in [0.2, 0.25) is 0 Å². The molecule has 1 amide bonds. The van der Waals surface area contributed by atoms with E-state index >= 15 is 0 Å². The summed E-state index contributed by atoms with van der Waals surface area (Å²) >= 11 is 0. The molecule has 2 atom stereocenters. The number of nitrogens with zero attached hydrogens (tertiary/aromatic N) is 2. The van der Waals surface area contributed by atoms with Gasteiger partial charge in [-0.3, -0.25) is 19.9 Å². The predicted octanol–water partition coefficient (Wildman–Crippen LogP) is -0.741. The molecule has 92 valence electrons. The van der Waals surface area contributed by atoms with E-state index in [0.29, 0.717) is 0 Å². The van der Waals surface area contributed by atoms with Crippen molar-refractivity contribution in [3.63, 3.8) is 0 Å². The molecule has 17 heavy (non-hydrogen) atoms. The molecule has 0 spiro atoms. The molecule has 2 unspecified atom stereocenters. The molecule has 0 aromatic carbocycles. The minimum atomic E-state index is -1.41. The maximum atomic E-state index is 10.5. The molecule has 1 aromatic heterocycles. The molecule has 0 bridgehead atoms. The molecule has 1 heterocycles. The summed E-state index contributed by atoms with van der Waals surface area (Å²) in [7, 11) is 0. The summed E-state index contributed by atoms with van der Waals surface area (Å²) in [6.45, 7) is 0. The number of carbonyl (C=O) groups is 1. The number of hydrogen-bond acceptors (Lipinski definition) is 6. The molecule has 8 nitrogen and oxygen atoms in total. The monoisotopic (exact) mass is 241 g/mol. The van der Waals surface area contributed by atoms with Crippen molar-refractivity contribution in [2.75, 3.05) is 0 Å². The highest BCUT2D eigenvalue weighted by Crippen LogP contribution is 2.18. The Morgan fingerprint density at radius 3 is 2.59 bits per heavy atom. The van der Waals surface area contributed by atoms with Crippen LogP contribution in [-0.4, -0.2) is 32.1 Å². The molecule has 1 aromatic rings. The van der Waals surface area contributed by atoms with E-state index in [-0.39, 0.29) is 11.4 Å². The fourth-order valence-electron chi connectivity index (χ4n) is 1.20. The molecule has 1 rings (SSSR count). The van der Waals surface area contributed by atoms with Crippen LogP contribution in [-0.2, 0) is 4.79 Å². The molecule has 8 heteroatoms. The van der Waals surface area contributed by atoms with E-state index in [4.69, 9.17) is 5.73 Å². The minimum absolute atomic E-state index is 0.0318. The topological polar surface area (TPSA) is 140 Å². The van der Waals surface area contributed by atoms with Crippen LogP contribution in [0.5, 0.6) is 0 Å². The normalized spacial score (nSPS) is 14.0. The van der Waals surface area contributed by atoms with Gasteiger partial charge in [0.25, 0.3) is 5.69 Å². The summed E-state index contributed by atoms with van der Waals surface area (Å²) < 4.78 is 0. The van der Waals surface area contributed by atoms with Crippen LogP contribution in [0.25, 0.3) is 0 Å². The lowest BCUT2D eigenvalue weighted by Gasteiger charge is -2.15. The van der Waals surface area contributed by atoms with Gasteiger partial charge in [0.2, 0.25) is 5.91 Å². The smallest absolute Gasteiger partial charge is 0.287 e. The largest absolute Gasteiger partial charge is 0.389 e. The average molecular weight is 241 g/mol. The SMILES string of the molecule is NC(=O)CC(O)C(O)c1ccc([N+](=O)[O-])cn1. The van der Waals surface area contributed by atoms with Crippen molar-refractivity contribution in [2.45, 2.75) is 18.6 Å². The Hall–Kier alpha value is -2.06. The molecule has 0 radical (unpaired) electrons. The number of nitrogens with two attached hydrogens (primary N) is 1. The number of aromatic nitrogens is 1. The van der Waals surface area contributed by atoms with E-state index in [1.165, 1.54) is 6.07 Å². The standard InChI is InChI=1S/C9H11N3O5/c10-8(14)3-7(13)9(15)6-2-1-5(4-11-6)12(16)17/h1-2,4,7,9,13,15H,3H2,(H2,10,14). The van der Waals surface area contributed by atoms with Gasteiger partial charge in [0.15, 0.2) is 0 Å². The highest BCUT2D eigenvalue weighted by molar-refractivity contribution is 5.74. The molecule has 0 fully saturated rings. The Bertz CT molecular complexity index is 419. The van der Waals surface area contributed by atoms with Gasteiger partial charge in [-0.2, -0.15) is 0 Å². The van der Waals surface area contributed by atoms with Crippen LogP contribution >= 0.6 is 0 Å². The average Bonchev–Trinajstić information content (AvgIpc) is 2.27. The van der Waals surface area contributed by atoms with Crippen LogP contribution < -0.4 is 5.73 Å². The van der Waals surface area contributed by atoms with Gasteiger partial charge in [0.1, 0.15) is 12.3 Å². The van der Waals surface area contributed by atoms with Crippen LogP contribution in [0.3, 0.4) is 0 Å². The summed E-state index contributed by atoms with van der Waals surface area (Å²) in [4.78, 5) is 23.9. The zero-order chi connectivity index (χ0) is 13.0. The van der Waals surface area contributed by atoms with Gasteiger partial charge in [-0.15, -0.1) is 0 Å². The molecular weight excluding hydrogens is 230 g/mol. The highest BCUT2D eigenvalue weighted by atomic mass is 16.6. The van der Waals surface area contributed by atoms with E-state index in [2.05, 4.69) is 4.98 Å². The maximum Gasteiger partial charge on any atom is 0.287 e. The fourth-order valence-corrected chi connectivity index (χ4v) is 1.20. The third kappa shape index (κ3) is 3.47. The van der Waals surface area contributed by atoms with Crippen molar-refractivity contribution in [1.29, 1.82) is 0 Å². The highest BCUT2D eigenvalue weighted by Gasteiger charge is 2.22. The third-order valence-electron chi connectivity index (χ3n) is 2.06. The van der Waals surface area contributed by atoms with Gasteiger partial charge in [-0.1, -0.05) is 0 Å². The first-order valence-corrected chi connectivity index (χ1v) is 4.66. The second-order valence-electron chi connectivity index (χ2n) is 3.38. The van der Waals surface area contributed by atoms with E-state index < -0.39 is 29.5 Å². The van der Waals surface area contributed by atoms with Crippen molar-refractivity contribution >= 4 is 11.6 Å². The molecule has 0 aliphatic heterocycles. The number of carbonyl (C=O) groups excluding carboxylic acids is 1. The Balaban J connectivity index is 2.78. The second kappa shape index (κ2) is 5.32. The first kappa shape index (κ1) is 13.0. The number of amides is 1. The molecule has 0 saturated carbocycles. The number of rotatable bonds is 5. The number of nitro groups is 1. The second-order valence-corrected chi connectivity index (χ2v) is 3.38. The zero-order valence-corrected chi connectivity index (χ0v) is 8.68. The molecule has 0 aliphatic carbocycles. The molecule has 0 aliphatic rings. The van der Waals surface area contributed by atoms with Crippen LogP contribution in [0, 0.1) is 10.1 Å². The number of pyridine rings is 1. The van der Waals surface area contributed by atoms with Gasteiger partial charge >= 0.3 is 0 Å². The maximum absolute atomic E-state index is 10.5. The summed E-state index contributed by atoms with van der Waals surface area (Å²) in [5.41, 5.74) is 4.65. The van der Waals surface area contributed by atoms with Gasteiger partial charge in [-0.05, 0) is 6.07 Å². The van der Waals surface area contributed by atoms with Crippen molar-refractivity contribution < 1.29 is 19.9 Å². The lowest BCUT2D eigenvalue weighted by molar-refractivity contribution is -0.385. The van der Waals surface area contributed by atoms with Crippen molar-refractivity contribution in [1.82, 2.24) is 4.98 Å². The van der Waals surface area contributed by atoms with Crippen molar-refractivity contribution in [3.05, 3.63) is 34.1 Å². The Kier molecular flexibility index (Phi) is 4.07. The Morgan fingerprint density at radius 2 is 2.18 bits per heavy atom. The summed E-state index contributed by atoms with van der Waals surface area (Å²) in [5, 5.41) is 29.3. The lowest BCUT2D eigenvalue weighted by Crippen LogP contribution is -2.26. The van der Waals surface area contributed by atoms with Gasteiger partial charge in [0, 0.05) is 6.07 Å². The first-order chi connectivity index (χ1) is 7.91. The molecule has 0 saturated heterocycles. The quantitative estimate of drug-likeness (QED) is 0.458. The minimum Gasteiger partial charge on any atom is -0.389 e. The first-order valence-electron chi connectivity index (χ1n) is 4.66. The van der Waals surface area contributed by atoms with E-state index in [1.807, 2.05) is 0 Å². The zero-order valence-electron chi connectivity index (χ0n) is 8.68. The van der Waals surface area contributed by atoms with E-state index in [0.717, 1.165) is 12.3 Å². The predicted molar refractivity (Wildman–Crippen MR) is 55.7 cm³/mol. The number of hydrogen-bond donors (Lipinski definition) is 3. The van der Waals surface area contributed by atoms with E-state index in [9.17, 15) is 25.1 Å². The number of aliphatic hydroxyl groups is 2. The van der Waals surface area contributed by atoms with Crippen LogP contribution in [0.15, 0.2) is 18.3 Å². The fraction of sp³-hybridized carbons (Fsp3) is 0.333. The molecule has 4 N–H and O–H groups in total. The van der Waals surface area contributed by atoms with Gasteiger partial charge in [0.05, 0.1) is 23.1 Å². The van der Waals surface area contributed by atoms with Crippen LogP contribution in [0.1, 0.15) is 18.2 Å². The van der Waals surface area contributed by atoms with Crippen LogP contribution in [0.4, 0.5) is 5.69 Å². The lowest BCUT2D eigenvalue weighted by atomic mass is 10.1. The summed E-state index contributed by atoms with van der Waals surface area (Å²) in [5.74, 6) is -0.765.